The van der Waals surface area contributed by atoms with Crippen molar-refractivity contribution in [3.8, 4) is 87.1 Å². The number of thiophene rings is 1. The summed E-state index contributed by atoms with van der Waals surface area (Å²) >= 11 is 68.8. The number of esters is 1. The van der Waals surface area contributed by atoms with Crippen LogP contribution in [0.25, 0.3) is 34.4 Å². The van der Waals surface area contributed by atoms with Crippen LogP contribution >= 0.6 is 150 Å². The van der Waals surface area contributed by atoms with Crippen molar-refractivity contribution in [1.82, 2.24) is 39.9 Å². The molecule has 0 aliphatic rings. The van der Waals surface area contributed by atoms with Crippen molar-refractivity contribution in [2.75, 3.05) is 6.61 Å². The van der Waals surface area contributed by atoms with E-state index in [-0.39, 0.29) is 175 Å². The number of rotatable bonds is 17. The lowest BCUT2D eigenvalue weighted by molar-refractivity contribution is 0.0520. The zero-order valence-corrected chi connectivity index (χ0v) is 57.9. The van der Waals surface area contributed by atoms with Gasteiger partial charge in [-0.15, -0.1) is 41.9 Å². The highest BCUT2D eigenvalue weighted by atomic mass is 35.5. The second-order valence-corrected chi connectivity index (χ2v) is 26.2. The van der Waals surface area contributed by atoms with Gasteiger partial charge >= 0.3 is 5.97 Å². The molecule has 6 aromatic heterocycles. The number of hydrogen-bond acceptors (Lipinski definition) is 20. The van der Waals surface area contributed by atoms with E-state index in [4.69, 9.17) is 176 Å². The van der Waals surface area contributed by atoms with Crippen LogP contribution in [0.15, 0.2) is 117 Å². The minimum absolute atomic E-state index is 0.0131. The lowest BCUT2D eigenvalue weighted by atomic mass is 10.1. The first-order valence-corrected chi connectivity index (χ1v) is 32.6. The van der Waals surface area contributed by atoms with Gasteiger partial charge in [0.15, 0.2) is 39.9 Å². The molecule has 0 aliphatic carbocycles. The highest BCUT2D eigenvalue weighted by molar-refractivity contribution is 7.20. The molecule has 12 rings (SSSR count). The van der Waals surface area contributed by atoms with Gasteiger partial charge in [-0.2, -0.15) is 20.2 Å². The molecule has 0 amide bonds. The van der Waals surface area contributed by atoms with Crippen molar-refractivity contribution in [3.05, 3.63) is 231 Å². The number of benzene rings is 6. The van der Waals surface area contributed by atoms with Gasteiger partial charge in [-0.1, -0.05) is 146 Å². The molecule has 0 unspecified atom stereocenters. The predicted octanol–water partition coefficient (Wildman–Crippen LogP) is 21.6. The van der Waals surface area contributed by atoms with Crippen LogP contribution in [0.2, 0.25) is 53.3 Å². The zero-order chi connectivity index (χ0) is 69.4. The standard InChI is InChI=1S/C23H14Cl3FN4O4.C20H8Cl4FN3O2S.C19H7Cl4FN4O2S/c1-2-33-23(32)20-18(26)15(10-29-20)22-31-30-17(35-22)7-12-3-4-16(25)21(19(12)27)34-14-6-11(9-28)5-13(24)8-14;21-11-3-9(8-26)4-12(6-11)29-18-14(22)2-1-10(17(18)25)5-16-27-28-20(30-16)13-7-15(23)31-19(13)24;20-10-3-8(7-25)4-11(6-10)29-16-12(21)2-1-9(15(16)24)5-13-26-27-19(30-13)14-17(22)28-31-18(14)23/h3-6,8,10,29H,2,7H2,1H3;1-4,6-7H,5H2;1-4,6H,5H2. The third-order valence-electron chi connectivity index (χ3n) is 12.7. The minimum atomic E-state index is -0.750. The summed E-state index contributed by atoms with van der Waals surface area (Å²) in [6.07, 6.45) is 1.29. The summed E-state index contributed by atoms with van der Waals surface area (Å²) in [6.45, 7) is 1.86. The molecular formula is C62H29Cl11F3N11O8S2. The number of aromatic amines is 1. The summed E-state index contributed by atoms with van der Waals surface area (Å²) in [5.41, 5.74) is 2.51. The van der Waals surface area contributed by atoms with E-state index in [9.17, 15) is 4.79 Å². The highest BCUT2D eigenvalue weighted by Crippen LogP contribution is 2.43. The van der Waals surface area contributed by atoms with E-state index in [2.05, 4.69) is 39.9 Å². The van der Waals surface area contributed by atoms with Crippen LogP contribution in [0.4, 0.5) is 13.2 Å². The van der Waals surface area contributed by atoms with Gasteiger partial charge in [0.2, 0.25) is 23.6 Å². The fourth-order valence-electron chi connectivity index (χ4n) is 8.43. The average Bonchev–Trinajstić information content (AvgIpc) is 1.80. The first kappa shape index (κ1) is 71.4. The van der Waals surface area contributed by atoms with Crippen molar-refractivity contribution in [1.29, 1.82) is 15.8 Å². The van der Waals surface area contributed by atoms with E-state index < -0.39 is 23.4 Å². The van der Waals surface area contributed by atoms with Gasteiger partial charge in [-0.05, 0) is 97.3 Å². The molecule has 0 radical (unpaired) electrons. The van der Waals surface area contributed by atoms with Crippen LogP contribution in [-0.2, 0) is 24.0 Å². The fraction of sp³-hybridized carbons (Fsp3) is 0.0806. The number of halogens is 14. The number of nitrogens with zero attached hydrogens (tertiary/aromatic N) is 10. The number of H-pyrrole nitrogens is 1. The Hall–Kier alpha value is -8.33. The van der Waals surface area contributed by atoms with Gasteiger partial charge in [-0.3, -0.25) is 0 Å². The maximum absolute atomic E-state index is 15.3. The molecule has 0 atom stereocenters. The van der Waals surface area contributed by atoms with E-state index in [1.165, 1.54) is 109 Å². The Morgan fingerprint density at radius 2 is 0.928 bits per heavy atom. The minimum Gasteiger partial charge on any atom is -0.461 e. The molecule has 1 N–H and O–H groups in total. The maximum atomic E-state index is 15.3. The van der Waals surface area contributed by atoms with E-state index in [0.717, 1.165) is 11.5 Å². The van der Waals surface area contributed by atoms with E-state index in [0.29, 0.717) is 29.7 Å². The second-order valence-electron chi connectivity index (χ2n) is 19.2. The Morgan fingerprint density at radius 3 is 1.30 bits per heavy atom. The first-order chi connectivity index (χ1) is 46.5. The summed E-state index contributed by atoms with van der Waals surface area (Å²) in [7, 11) is 0. The van der Waals surface area contributed by atoms with E-state index >= 15 is 13.2 Å². The van der Waals surface area contributed by atoms with E-state index in [1.807, 2.05) is 18.2 Å². The van der Waals surface area contributed by atoms with Crippen molar-refractivity contribution in [2.24, 2.45) is 0 Å². The topological polar surface area (TPSA) is 271 Å². The molecule has 0 fully saturated rings. The van der Waals surface area contributed by atoms with Crippen LogP contribution in [0, 0.1) is 51.4 Å². The lowest BCUT2D eigenvalue weighted by Crippen LogP contribution is -2.05. The zero-order valence-electron chi connectivity index (χ0n) is 48.0. The monoisotopic (exact) mass is 1560 g/mol. The van der Waals surface area contributed by atoms with Crippen molar-refractivity contribution < 1.29 is 50.2 Å². The molecule has 490 valence electrons. The number of ether oxygens (including phenoxy) is 4. The quantitative estimate of drug-likeness (QED) is 0.0830. The van der Waals surface area contributed by atoms with Crippen molar-refractivity contribution >= 4 is 156 Å². The van der Waals surface area contributed by atoms with Gasteiger partial charge in [0.25, 0.3) is 11.8 Å². The van der Waals surface area contributed by atoms with Gasteiger partial charge < -0.3 is 37.2 Å². The lowest BCUT2D eigenvalue weighted by Gasteiger charge is -2.11. The molecular weight excluding hydrogens is 1540 g/mol. The molecule has 12 aromatic rings. The molecule has 0 bridgehead atoms. The Kier molecular flexibility index (Phi) is 23.5. The molecule has 0 aliphatic heterocycles. The van der Waals surface area contributed by atoms with Crippen LogP contribution in [0.5, 0.6) is 34.5 Å². The normalized spacial score (nSPS) is 10.8. The predicted molar refractivity (Wildman–Crippen MR) is 359 cm³/mol. The Bertz CT molecular complexity index is 5100. The van der Waals surface area contributed by atoms with Crippen LogP contribution in [0.1, 0.15) is 68.5 Å². The number of carbonyl (C=O) groups excluding carboxylic acids is 1. The third-order valence-corrected chi connectivity index (χ3v) is 17.5. The molecule has 0 saturated carbocycles. The van der Waals surface area contributed by atoms with Crippen molar-refractivity contribution in [2.45, 2.75) is 26.2 Å². The fourth-order valence-corrected chi connectivity index (χ4v) is 12.6. The summed E-state index contributed by atoms with van der Waals surface area (Å²) in [6, 6.07) is 29.2. The molecule has 0 saturated heterocycles. The number of nitrogens with one attached hydrogen (secondary N) is 1. The third kappa shape index (κ3) is 17.3. The number of aromatic nitrogens is 8. The van der Waals surface area contributed by atoms with Gasteiger partial charge in [0, 0.05) is 38.0 Å². The largest absolute Gasteiger partial charge is 0.461 e. The molecule has 19 nitrogen and oxygen atoms in total. The van der Waals surface area contributed by atoms with Crippen molar-refractivity contribution in [3.63, 3.8) is 0 Å². The Labute approximate surface area is 607 Å². The first-order valence-electron chi connectivity index (χ1n) is 26.8. The maximum Gasteiger partial charge on any atom is 0.356 e. The molecule has 35 heteroatoms. The second kappa shape index (κ2) is 31.9. The summed E-state index contributed by atoms with van der Waals surface area (Å²) in [4.78, 5) is 14.7. The molecule has 6 aromatic carbocycles. The molecule has 0 spiro atoms. The Morgan fingerprint density at radius 1 is 0.526 bits per heavy atom. The van der Waals surface area contributed by atoms with Crippen LogP contribution < -0.4 is 14.2 Å². The molecule has 97 heavy (non-hydrogen) atoms. The van der Waals surface area contributed by atoms with Crippen LogP contribution in [-0.4, -0.2) is 52.5 Å². The van der Waals surface area contributed by atoms with Gasteiger partial charge in [0.1, 0.15) is 37.2 Å². The number of carbonyl (C=O) groups is 1. The average molecular weight is 1570 g/mol. The van der Waals surface area contributed by atoms with Gasteiger partial charge in [-0.25, -0.2) is 18.0 Å². The summed E-state index contributed by atoms with van der Waals surface area (Å²) in [5.74, 6) is -2.35. The van der Waals surface area contributed by atoms with E-state index in [1.54, 1.807) is 13.0 Å². The summed E-state index contributed by atoms with van der Waals surface area (Å²) < 4.78 is 89.2. The van der Waals surface area contributed by atoms with Gasteiger partial charge in [0.05, 0.1) is 96.3 Å². The number of hydrogen-bond donors (Lipinski definition) is 1. The Balaban J connectivity index is 0.000000158. The molecule has 6 heterocycles. The number of nitriles is 3. The highest BCUT2D eigenvalue weighted by Gasteiger charge is 2.26. The smallest absolute Gasteiger partial charge is 0.356 e. The summed E-state index contributed by atoms with van der Waals surface area (Å²) in [5, 5.41) is 51.9. The SMILES string of the molecule is CCOC(=O)c1[nH]cc(-c2nnc(Cc3ccc(Cl)c(Oc4cc(Cl)cc(C#N)c4)c3F)o2)c1Cl.N#Cc1cc(Cl)cc(Oc2c(Cl)ccc(Cc3nnc(-c4c(Cl)nsc4Cl)o3)c2F)c1.N#Cc1cc(Cl)cc(Oc2c(Cl)ccc(Cc3nnc(-c4cc(Cl)sc4Cl)o3)c2F)c1. The van der Waals surface area contributed by atoms with Crippen LogP contribution in [0.3, 0.4) is 0 Å².